The third kappa shape index (κ3) is 4.83. The van der Waals surface area contributed by atoms with Crippen molar-refractivity contribution >= 4 is 62.1 Å². The number of aromatic nitrogens is 1. The van der Waals surface area contributed by atoms with Crippen LogP contribution in [0, 0.1) is 0 Å². The van der Waals surface area contributed by atoms with E-state index in [4.69, 9.17) is 28.6 Å². The maximum Gasteiger partial charge on any atom is 0.257 e. The van der Waals surface area contributed by atoms with Gasteiger partial charge in [0.25, 0.3) is 5.91 Å². The fourth-order valence-corrected chi connectivity index (χ4v) is 4.48. The Morgan fingerprint density at radius 1 is 1.19 bits per heavy atom. The van der Waals surface area contributed by atoms with Gasteiger partial charge in [-0.25, -0.2) is 4.98 Å². The molecule has 4 aromatic rings. The number of para-hydroxylation sites is 1. The van der Waals surface area contributed by atoms with Gasteiger partial charge in [0.2, 0.25) is 0 Å². The maximum atomic E-state index is 12.5. The molecule has 0 unspecified atom stereocenters. The predicted octanol–water partition coefficient (Wildman–Crippen LogP) is 5.85. The summed E-state index contributed by atoms with van der Waals surface area (Å²) in [7, 11) is 0. The normalized spacial score (nSPS) is 10.7. The zero-order valence-electron chi connectivity index (χ0n) is 16.9. The van der Waals surface area contributed by atoms with Gasteiger partial charge in [-0.1, -0.05) is 23.7 Å². The molecular formula is C23H18ClN3O3S2. The topological polar surface area (TPSA) is 83.5 Å². The van der Waals surface area contributed by atoms with Gasteiger partial charge in [-0.05, 0) is 61.6 Å². The number of anilines is 1. The van der Waals surface area contributed by atoms with Crippen LogP contribution in [0.1, 0.15) is 17.3 Å². The minimum atomic E-state index is -0.414. The predicted molar refractivity (Wildman–Crippen MR) is 133 cm³/mol. The molecule has 0 saturated carbocycles. The number of rotatable bonds is 5. The molecule has 0 spiro atoms. The number of amides is 1. The Hall–Kier alpha value is -3.20. The number of phenolic OH excluding ortho intramolecular Hbond substituents is 1. The van der Waals surface area contributed by atoms with Crippen molar-refractivity contribution in [1.82, 2.24) is 10.3 Å². The van der Waals surface area contributed by atoms with Crippen LogP contribution in [-0.4, -0.2) is 27.7 Å². The van der Waals surface area contributed by atoms with Crippen molar-refractivity contribution in [2.24, 2.45) is 0 Å². The number of thiazole rings is 1. The summed E-state index contributed by atoms with van der Waals surface area (Å²) in [5, 5.41) is 17.2. The standard InChI is InChI=1S/C23H18ClN3O3S2/c1-2-30-19-10-7-13(11-16(19)24)21(29)27-23(31)25-14-8-9-15(18(28)12-14)22-26-17-5-3-4-6-20(17)32-22/h3-12,28H,2H2,1H3,(H2,25,27,29,31). The lowest BCUT2D eigenvalue weighted by Crippen LogP contribution is -2.34. The molecule has 1 heterocycles. The molecule has 32 heavy (non-hydrogen) atoms. The quantitative estimate of drug-likeness (QED) is 0.309. The third-order valence-electron chi connectivity index (χ3n) is 4.50. The van der Waals surface area contributed by atoms with Crippen LogP contribution in [0.5, 0.6) is 11.5 Å². The first-order chi connectivity index (χ1) is 15.4. The molecule has 0 atom stereocenters. The first-order valence-corrected chi connectivity index (χ1v) is 11.3. The molecule has 3 aromatic carbocycles. The molecule has 0 radical (unpaired) electrons. The molecule has 4 rings (SSSR count). The van der Waals surface area contributed by atoms with Gasteiger partial charge in [0.05, 0.1) is 27.4 Å². The van der Waals surface area contributed by atoms with Gasteiger partial charge in [0.1, 0.15) is 16.5 Å². The third-order valence-corrected chi connectivity index (χ3v) is 6.07. The second-order valence-corrected chi connectivity index (χ2v) is 8.55. The molecular weight excluding hydrogens is 466 g/mol. The first-order valence-electron chi connectivity index (χ1n) is 9.68. The zero-order chi connectivity index (χ0) is 22.7. The van der Waals surface area contributed by atoms with Crippen LogP contribution >= 0.6 is 35.2 Å². The average Bonchev–Trinajstić information content (AvgIpc) is 3.19. The number of thiocarbonyl (C=S) groups is 1. The van der Waals surface area contributed by atoms with Crippen LogP contribution in [0.25, 0.3) is 20.8 Å². The summed E-state index contributed by atoms with van der Waals surface area (Å²) in [6.45, 7) is 2.33. The van der Waals surface area contributed by atoms with Crippen molar-refractivity contribution in [2.45, 2.75) is 6.92 Å². The van der Waals surface area contributed by atoms with Crippen molar-refractivity contribution < 1.29 is 14.6 Å². The molecule has 0 aliphatic carbocycles. The van der Waals surface area contributed by atoms with Crippen LogP contribution < -0.4 is 15.4 Å². The highest BCUT2D eigenvalue weighted by molar-refractivity contribution is 7.80. The molecule has 0 fully saturated rings. The fraction of sp³-hybridized carbons (Fsp3) is 0.0870. The van der Waals surface area contributed by atoms with E-state index < -0.39 is 5.91 Å². The van der Waals surface area contributed by atoms with E-state index in [0.29, 0.717) is 34.2 Å². The molecule has 0 bridgehead atoms. The Morgan fingerprint density at radius 3 is 2.72 bits per heavy atom. The van der Waals surface area contributed by atoms with Gasteiger partial charge >= 0.3 is 0 Å². The van der Waals surface area contributed by atoms with Gasteiger partial charge in [0, 0.05) is 17.3 Å². The number of carbonyl (C=O) groups excluding carboxylic acids is 1. The Labute approximate surface area is 198 Å². The second kappa shape index (κ2) is 9.52. The minimum Gasteiger partial charge on any atom is -0.507 e. The Bertz CT molecular complexity index is 1290. The average molecular weight is 484 g/mol. The zero-order valence-corrected chi connectivity index (χ0v) is 19.3. The number of hydrogen-bond donors (Lipinski definition) is 3. The SMILES string of the molecule is CCOc1ccc(C(=O)NC(=S)Nc2ccc(-c3nc4ccccc4s3)c(O)c2)cc1Cl. The minimum absolute atomic E-state index is 0.0569. The number of benzene rings is 3. The van der Waals surface area contributed by atoms with Crippen molar-refractivity contribution in [3.05, 3.63) is 71.2 Å². The number of fused-ring (bicyclic) bond motifs is 1. The summed E-state index contributed by atoms with van der Waals surface area (Å²) in [5.74, 6) is 0.152. The number of halogens is 1. The van der Waals surface area contributed by atoms with E-state index in [9.17, 15) is 9.90 Å². The summed E-state index contributed by atoms with van der Waals surface area (Å²) in [4.78, 5) is 17.0. The largest absolute Gasteiger partial charge is 0.507 e. The number of hydrogen-bond acceptors (Lipinski definition) is 6. The van der Waals surface area contributed by atoms with E-state index in [0.717, 1.165) is 15.2 Å². The number of carbonyl (C=O) groups is 1. The van der Waals surface area contributed by atoms with Crippen molar-refractivity contribution in [2.75, 3.05) is 11.9 Å². The van der Waals surface area contributed by atoms with Crippen molar-refractivity contribution in [1.29, 1.82) is 0 Å². The van der Waals surface area contributed by atoms with E-state index >= 15 is 0 Å². The van der Waals surface area contributed by atoms with Gasteiger partial charge < -0.3 is 15.2 Å². The van der Waals surface area contributed by atoms with Crippen LogP contribution in [0.3, 0.4) is 0 Å². The van der Waals surface area contributed by atoms with Crippen LogP contribution in [0.4, 0.5) is 5.69 Å². The molecule has 162 valence electrons. The highest BCUT2D eigenvalue weighted by atomic mass is 35.5. The molecule has 1 aromatic heterocycles. The molecule has 9 heteroatoms. The van der Waals surface area contributed by atoms with Gasteiger partial charge in [-0.2, -0.15) is 0 Å². The first kappa shape index (κ1) is 22.0. The van der Waals surface area contributed by atoms with Crippen LogP contribution in [0.2, 0.25) is 5.02 Å². The van der Waals surface area contributed by atoms with Crippen molar-refractivity contribution in [3.8, 4) is 22.1 Å². The van der Waals surface area contributed by atoms with E-state index in [1.807, 2.05) is 31.2 Å². The number of phenols is 1. The lowest BCUT2D eigenvalue weighted by Gasteiger charge is -2.12. The second-order valence-electron chi connectivity index (χ2n) is 6.71. The molecule has 3 N–H and O–H groups in total. The van der Waals surface area contributed by atoms with E-state index in [2.05, 4.69) is 15.6 Å². The molecule has 0 aliphatic heterocycles. The molecule has 0 aliphatic rings. The Balaban J connectivity index is 1.43. The summed E-state index contributed by atoms with van der Waals surface area (Å²) >= 11 is 12.9. The number of ether oxygens (including phenoxy) is 1. The number of nitrogens with one attached hydrogen (secondary N) is 2. The fourth-order valence-electron chi connectivity index (χ4n) is 3.03. The Morgan fingerprint density at radius 2 is 2.00 bits per heavy atom. The van der Waals surface area contributed by atoms with Gasteiger partial charge in [-0.3, -0.25) is 10.1 Å². The summed E-state index contributed by atoms with van der Waals surface area (Å²) in [6.07, 6.45) is 0. The van der Waals surface area contributed by atoms with Crippen LogP contribution in [0.15, 0.2) is 60.7 Å². The van der Waals surface area contributed by atoms with Crippen LogP contribution in [-0.2, 0) is 0 Å². The van der Waals surface area contributed by atoms with E-state index in [-0.39, 0.29) is 10.9 Å². The Kier molecular flexibility index (Phi) is 6.55. The maximum absolute atomic E-state index is 12.5. The molecule has 6 nitrogen and oxygen atoms in total. The molecule has 1 amide bonds. The summed E-state index contributed by atoms with van der Waals surface area (Å²) in [5.41, 5.74) is 2.38. The molecule has 0 saturated heterocycles. The summed E-state index contributed by atoms with van der Waals surface area (Å²) < 4.78 is 6.42. The number of aromatic hydroxyl groups is 1. The number of nitrogens with zero attached hydrogens (tertiary/aromatic N) is 1. The van der Waals surface area contributed by atoms with Crippen molar-refractivity contribution in [3.63, 3.8) is 0 Å². The highest BCUT2D eigenvalue weighted by Crippen LogP contribution is 2.36. The lowest BCUT2D eigenvalue weighted by atomic mass is 10.2. The summed E-state index contributed by atoms with van der Waals surface area (Å²) in [6, 6.07) is 17.6. The lowest BCUT2D eigenvalue weighted by molar-refractivity contribution is 0.0977. The van der Waals surface area contributed by atoms with E-state index in [1.165, 1.54) is 23.5 Å². The van der Waals surface area contributed by atoms with Gasteiger partial charge in [0.15, 0.2) is 5.11 Å². The van der Waals surface area contributed by atoms with E-state index in [1.54, 1.807) is 24.3 Å². The monoisotopic (exact) mass is 483 g/mol. The smallest absolute Gasteiger partial charge is 0.257 e. The highest BCUT2D eigenvalue weighted by Gasteiger charge is 2.13. The van der Waals surface area contributed by atoms with Gasteiger partial charge in [-0.15, -0.1) is 11.3 Å².